The van der Waals surface area contributed by atoms with E-state index in [1.807, 2.05) is 12.1 Å². The molecule has 0 unspecified atom stereocenters. The molecular formula is C12H16N2O2. The van der Waals surface area contributed by atoms with Gasteiger partial charge in [0.1, 0.15) is 0 Å². The van der Waals surface area contributed by atoms with Crippen molar-refractivity contribution in [3.63, 3.8) is 0 Å². The lowest BCUT2D eigenvalue weighted by molar-refractivity contribution is -0.137. The fourth-order valence-electron chi connectivity index (χ4n) is 1.27. The highest BCUT2D eigenvalue weighted by molar-refractivity contribution is 5.87. The van der Waals surface area contributed by atoms with Gasteiger partial charge in [-0.15, -0.1) is 0 Å². The van der Waals surface area contributed by atoms with Gasteiger partial charge in [0.25, 0.3) is 0 Å². The summed E-state index contributed by atoms with van der Waals surface area (Å²) >= 11 is 0. The Balaban J connectivity index is 2.75. The van der Waals surface area contributed by atoms with Crippen LogP contribution in [0.25, 0.3) is 6.08 Å². The van der Waals surface area contributed by atoms with Crippen LogP contribution in [-0.4, -0.2) is 19.6 Å². The van der Waals surface area contributed by atoms with E-state index in [4.69, 9.17) is 10.5 Å². The van der Waals surface area contributed by atoms with E-state index in [1.54, 1.807) is 26.1 Å². The van der Waals surface area contributed by atoms with Crippen LogP contribution in [-0.2, 0) is 9.53 Å². The third-order valence-corrected chi connectivity index (χ3v) is 2.04. The third-order valence-electron chi connectivity index (χ3n) is 2.04. The first kappa shape index (κ1) is 12.1. The molecule has 0 radical (unpaired) electrons. The van der Waals surface area contributed by atoms with E-state index in [1.165, 1.54) is 6.08 Å². The number of rotatable bonds is 4. The molecule has 0 heterocycles. The number of carbonyl (C=O) groups is 1. The molecule has 0 fully saturated rings. The average Bonchev–Trinajstić information content (AvgIpc) is 2.27. The maximum absolute atomic E-state index is 11.1. The summed E-state index contributed by atoms with van der Waals surface area (Å²) in [6.07, 6.45) is 3.06. The summed E-state index contributed by atoms with van der Waals surface area (Å²) in [4.78, 5) is 11.1. The summed E-state index contributed by atoms with van der Waals surface area (Å²) in [5, 5.41) is 2.97. The minimum atomic E-state index is -0.348. The van der Waals surface area contributed by atoms with Crippen molar-refractivity contribution in [1.82, 2.24) is 0 Å². The van der Waals surface area contributed by atoms with E-state index in [0.29, 0.717) is 12.3 Å². The van der Waals surface area contributed by atoms with Gasteiger partial charge < -0.3 is 15.8 Å². The van der Waals surface area contributed by atoms with Crippen LogP contribution in [0.5, 0.6) is 0 Å². The maximum Gasteiger partial charge on any atom is 0.330 e. The standard InChI is InChI=1S/C12H16N2O2/c1-3-16-12(15)7-5-9-4-6-11(14-2)10(13)8-9/h4-8,14H,3,13H2,1-2H3/b7-5+. The summed E-state index contributed by atoms with van der Waals surface area (Å²) in [5.41, 5.74) is 8.17. The maximum atomic E-state index is 11.1. The molecule has 1 aromatic carbocycles. The van der Waals surface area contributed by atoms with E-state index in [-0.39, 0.29) is 5.97 Å². The quantitative estimate of drug-likeness (QED) is 0.462. The Morgan fingerprint density at radius 2 is 2.31 bits per heavy atom. The Labute approximate surface area is 95.1 Å². The van der Waals surface area contributed by atoms with E-state index < -0.39 is 0 Å². The van der Waals surface area contributed by atoms with Crippen LogP contribution in [0.4, 0.5) is 11.4 Å². The van der Waals surface area contributed by atoms with Gasteiger partial charge in [-0.25, -0.2) is 4.79 Å². The molecule has 0 spiro atoms. The Hall–Kier alpha value is -1.97. The molecule has 0 aromatic heterocycles. The predicted molar refractivity (Wildman–Crippen MR) is 66.1 cm³/mol. The van der Waals surface area contributed by atoms with Crippen LogP contribution in [0.15, 0.2) is 24.3 Å². The number of anilines is 2. The second kappa shape index (κ2) is 5.80. The topological polar surface area (TPSA) is 64.3 Å². The molecular weight excluding hydrogens is 204 g/mol. The van der Waals surface area contributed by atoms with E-state index in [0.717, 1.165) is 11.3 Å². The molecule has 0 saturated carbocycles. The van der Waals surface area contributed by atoms with Crippen LogP contribution in [0.3, 0.4) is 0 Å². The third kappa shape index (κ3) is 3.31. The van der Waals surface area contributed by atoms with Gasteiger partial charge in [0.2, 0.25) is 0 Å². The van der Waals surface area contributed by atoms with E-state index in [2.05, 4.69) is 5.32 Å². The van der Waals surface area contributed by atoms with Gasteiger partial charge in [-0.3, -0.25) is 0 Å². The summed E-state index contributed by atoms with van der Waals surface area (Å²) in [5.74, 6) is -0.348. The smallest absolute Gasteiger partial charge is 0.330 e. The Bertz CT molecular complexity index is 400. The van der Waals surface area contributed by atoms with Gasteiger partial charge in [-0.1, -0.05) is 6.07 Å². The molecule has 1 aromatic rings. The summed E-state index contributed by atoms with van der Waals surface area (Å²) < 4.78 is 4.77. The number of ether oxygens (including phenoxy) is 1. The molecule has 4 heteroatoms. The summed E-state index contributed by atoms with van der Waals surface area (Å²) in [6.45, 7) is 2.15. The lowest BCUT2D eigenvalue weighted by Crippen LogP contribution is -1.99. The number of carbonyl (C=O) groups excluding carboxylic acids is 1. The van der Waals surface area contributed by atoms with Crippen LogP contribution >= 0.6 is 0 Å². The fourth-order valence-corrected chi connectivity index (χ4v) is 1.27. The van der Waals surface area contributed by atoms with Gasteiger partial charge in [-0.05, 0) is 30.7 Å². The summed E-state index contributed by atoms with van der Waals surface area (Å²) in [7, 11) is 1.81. The Kier molecular flexibility index (Phi) is 4.39. The van der Waals surface area contributed by atoms with Gasteiger partial charge in [0, 0.05) is 13.1 Å². The lowest BCUT2D eigenvalue weighted by atomic mass is 10.1. The number of nitrogens with two attached hydrogens (primary N) is 1. The summed E-state index contributed by atoms with van der Waals surface area (Å²) in [6, 6.07) is 5.53. The number of esters is 1. The Morgan fingerprint density at radius 3 is 2.88 bits per heavy atom. The zero-order valence-corrected chi connectivity index (χ0v) is 9.49. The molecule has 0 aliphatic rings. The minimum Gasteiger partial charge on any atom is -0.463 e. The van der Waals surface area contributed by atoms with Crippen molar-refractivity contribution >= 4 is 23.4 Å². The molecule has 1 rings (SSSR count). The van der Waals surface area contributed by atoms with Crippen molar-refractivity contribution in [1.29, 1.82) is 0 Å². The highest BCUT2D eigenvalue weighted by Crippen LogP contribution is 2.19. The molecule has 0 bridgehead atoms. The van der Waals surface area contributed by atoms with Crippen molar-refractivity contribution in [2.24, 2.45) is 0 Å². The van der Waals surface area contributed by atoms with Crippen molar-refractivity contribution in [3.05, 3.63) is 29.8 Å². The van der Waals surface area contributed by atoms with Crippen molar-refractivity contribution in [2.75, 3.05) is 24.7 Å². The first-order valence-electron chi connectivity index (χ1n) is 5.09. The van der Waals surface area contributed by atoms with Crippen molar-refractivity contribution < 1.29 is 9.53 Å². The monoisotopic (exact) mass is 220 g/mol. The highest BCUT2D eigenvalue weighted by Gasteiger charge is 1.98. The first-order chi connectivity index (χ1) is 7.67. The first-order valence-corrected chi connectivity index (χ1v) is 5.09. The van der Waals surface area contributed by atoms with E-state index >= 15 is 0 Å². The van der Waals surface area contributed by atoms with Crippen LogP contribution in [0, 0.1) is 0 Å². The predicted octanol–water partition coefficient (Wildman–Crippen LogP) is 1.89. The molecule has 0 aliphatic carbocycles. The largest absolute Gasteiger partial charge is 0.463 e. The van der Waals surface area contributed by atoms with Crippen molar-refractivity contribution in [2.45, 2.75) is 6.92 Å². The zero-order chi connectivity index (χ0) is 12.0. The van der Waals surface area contributed by atoms with Crippen LogP contribution in [0.1, 0.15) is 12.5 Å². The zero-order valence-electron chi connectivity index (χ0n) is 9.49. The second-order valence-electron chi connectivity index (χ2n) is 3.18. The Morgan fingerprint density at radius 1 is 1.56 bits per heavy atom. The van der Waals surface area contributed by atoms with Crippen LogP contribution < -0.4 is 11.1 Å². The molecule has 0 aliphatic heterocycles. The SMILES string of the molecule is CCOC(=O)/C=C/c1ccc(NC)c(N)c1. The van der Waals surface area contributed by atoms with Gasteiger partial charge in [0.15, 0.2) is 0 Å². The minimum absolute atomic E-state index is 0.348. The molecule has 0 amide bonds. The molecule has 86 valence electrons. The van der Waals surface area contributed by atoms with E-state index in [9.17, 15) is 4.79 Å². The molecule has 3 N–H and O–H groups in total. The molecule has 16 heavy (non-hydrogen) atoms. The number of hydrogen-bond donors (Lipinski definition) is 2. The lowest BCUT2D eigenvalue weighted by Gasteiger charge is -2.05. The molecule has 4 nitrogen and oxygen atoms in total. The fraction of sp³-hybridized carbons (Fsp3) is 0.250. The number of benzene rings is 1. The normalized spacial score (nSPS) is 10.4. The number of hydrogen-bond acceptors (Lipinski definition) is 4. The second-order valence-corrected chi connectivity index (χ2v) is 3.18. The average molecular weight is 220 g/mol. The molecule has 0 saturated heterocycles. The van der Waals surface area contributed by atoms with Crippen LogP contribution in [0.2, 0.25) is 0 Å². The number of nitrogen functional groups attached to an aromatic ring is 1. The number of nitrogens with one attached hydrogen (secondary N) is 1. The van der Waals surface area contributed by atoms with Crippen molar-refractivity contribution in [3.8, 4) is 0 Å². The highest BCUT2D eigenvalue weighted by atomic mass is 16.5. The van der Waals surface area contributed by atoms with Gasteiger partial charge in [-0.2, -0.15) is 0 Å². The van der Waals surface area contributed by atoms with Gasteiger partial charge in [0.05, 0.1) is 18.0 Å². The molecule has 0 atom stereocenters. The van der Waals surface area contributed by atoms with Gasteiger partial charge >= 0.3 is 5.97 Å².